The second-order valence-corrected chi connectivity index (χ2v) is 6.04. The van der Waals surface area contributed by atoms with Crippen LogP contribution in [0.15, 0.2) is 60.7 Å². The van der Waals surface area contributed by atoms with Crippen molar-refractivity contribution in [1.82, 2.24) is 4.31 Å². The molecule has 0 radical (unpaired) electrons. The summed E-state index contributed by atoms with van der Waals surface area (Å²) >= 11 is -1.33. The Morgan fingerprint density at radius 2 is 1.60 bits per heavy atom. The van der Waals surface area contributed by atoms with Gasteiger partial charge in [0, 0.05) is 6.54 Å². The highest BCUT2D eigenvalue weighted by Gasteiger charge is 2.32. The first-order valence-corrected chi connectivity index (χ1v) is 7.76. The van der Waals surface area contributed by atoms with Gasteiger partial charge in [0.2, 0.25) is 11.3 Å². The van der Waals surface area contributed by atoms with E-state index < -0.39 is 11.3 Å². The highest BCUT2D eigenvalue weighted by Crippen LogP contribution is 2.21. The molecule has 2 atom stereocenters. The molecular weight excluding hydrogens is 270 g/mol. The SMILES string of the molecule is O=S1OC[C@H](Cc2ccccc2)N1Cc1ccccc1. The number of benzene rings is 2. The summed E-state index contributed by atoms with van der Waals surface area (Å²) in [5.41, 5.74) is 2.41. The van der Waals surface area contributed by atoms with Gasteiger partial charge in [-0.15, -0.1) is 0 Å². The molecule has 1 unspecified atom stereocenters. The molecule has 0 saturated carbocycles. The summed E-state index contributed by atoms with van der Waals surface area (Å²) in [7, 11) is 0. The van der Waals surface area contributed by atoms with E-state index in [1.165, 1.54) is 5.56 Å². The van der Waals surface area contributed by atoms with E-state index >= 15 is 0 Å². The van der Waals surface area contributed by atoms with Crippen LogP contribution < -0.4 is 0 Å². The van der Waals surface area contributed by atoms with Gasteiger partial charge in [-0.3, -0.25) is 4.18 Å². The molecule has 20 heavy (non-hydrogen) atoms. The molecule has 104 valence electrons. The molecule has 2 aromatic carbocycles. The number of hydrogen-bond acceptors (Lipinski definition) is 2. The molecule has 0 N–H and O–H groups in total. The van der Waals surface area contributed by atoms with Crippen molar-refractivity contribution in [3.8, 4) is 0 Å². The van der Waals surface area contributed by atoms with Crippen molar-refractivity contribution >= 4 is 11.3 Å². The fourth-order valence-corrected chi connectivity index (χ4v) is 3.44. The molecule has 3 nitrogen and oxygen atoms in total. The van der Waals surface area contributed by atoms with Crippen LogP contribution in [0.25, 0.3) is 0 Å². The zero-order valence-corrected chi connectivity index (χ0v) is 12.0. The first-order valence-electron chi connectivity index (χ1n) is 6.72. The topological polar surface area (TPSA) is 29.5 Å². The molecule has 1 saturated heterocycles. The quantitative estimate of drug-likeness (QED) is 0.865. The van der Waals surface area contributed by atoms with Gasteiger partial charge in [0.1, 0.15) is 0 Å². The molecule has 1 aliphatic heterocycles. The van der Waals surface area contributed by atoms with Crippen LogP contribution in [0, 0.1) is 0 Å². The summed E-state index contributed by atoms with van der Waals surface area (Å²) in [6, 6.07) is 20.5. The Balaban J connectivity index is 1.72. The fourth-order valence-electron chi connectivity index (χ4n) is 2.40. The first kappa shape index (κ1) is 13.5. The van der Waals surface area contributed by atoms with Gasteiger partial charge in [-0.05, 0) is 17.5 Å². The van der Waals surface area contributed by atoms with Crippen LogP contribution >= 0.6 is 0 Å². The second kappa shape index (κ2) is 6.31. The summed E-state index contributed by atoms with van der Waals surface area (Å²) in [5.74, 6) is 0. The third-order valence-corrected chi connectivity index (χ3v) is 4.60. The van der Waals surface area contributed by atoms with E-state index in [0.29, 0.717) is 13.2 Å². The molecular formula is C16H17NO2S. The number of nitrogens with zero attached hydrogens (tertiary/aromatic N) is 1. The maximum atomic E-state index is 12.0. The maximum Gasteiger partial charge on any atom is 0.237 e. The van der Waals surface area contributed by atoms with Crippen molar-refractivity contribution < 1.29 is 8.39 Å². The number of hydrogen-bond donors (Lipinski definition) is 0. The van der Waals surface area contributed by atoms with E-state index in [2.05, 4.69) is 24.3 Å². The zero-order valence-electron chi connectivity index (χ0n) is 11.1. The molecule has 0 bridgehead atoms. The zero-order chi connectivity index (χ0) is 13.8. The van der Waals surface area contributed by atoms with Crippen molar-refractivity contribution in [3.63, 3.8) is 0 Å². The molecule has 3 rings (SSSR count). The predicted molar refractivity (Wildman–Crippen MR) is 80.0 cm³/mol. The highest BCUT2D eigenvalue weighted by molar-refractivity contribution is 7.77. The molecule has 4 heteroatoms. The normalized spacial score (nSPS) is 23.0. The summed E-state index contributed by atoms with van der Waals surface area (Å²) in [6.45, 7) is 1.18. The van der Waals surface area contributed by atoms with Crippen LogP contribution in [0.1, 0.15) is 11.1 Å². The Morgan fingerprint density at radius 3 is 2.25 bits per heavy atom. The van der Waals surface area contributed by atoms with E-state index in [1.54, 1.807) is 0 Å². The molecule has 2 aromatic rings. The molecule has 0 aromatic heterocycles. The first-order chi connectivity index (χ1) is 9.83. The van der Waals surface area contributed by atoms with Gasteiger partial charge in [-0.1, -0.05) is 60.7 Å². The minimum Gasteiger partial charge on any atom is -0.276 e. The minimum atomic E-state index is -1.33. The van der Waals surface area contributed by atoms with Gasteiger partial charge in [0.25, 0.3) is 0 Å². The number of rotatable bonds is 4. The lowest BCUT2D eigenvalue weighted by Gasteiger charge is -2.20. The van der Waals surface area contributed by atoms with E-state index in [9.17, 15) is 4.21 Å². The van der Waals surface area contributed by atoms with Gasteiger partial charge in [0.15, 0.2) is 0 Å². The Labute approximate surface area is 122 Å². The third kappa shape index (κ3) is 3.15. The monoisotopic (exact) mass is 287 g/mol. The molecule has 0 spiro atoms. The van der Waals surface area contributed by atoms with Gasteiger partial charge >= 0.3 is 0 Å². The fraction of sp³-hybridized carbons (Fsp3) is 0.250. The average Bonchev–Trinajstić information content (AvgIpc) is 2.83. The van der Waals surface area contributed by atoms with Crippen LogP contribution in [0.2, 0.25) is 0 Å². The smallest absolute Gasteiger partial charge is 0.237 e. The Kier molecular flexibility index (Phi) is 4.25. The van der Waals surface area contributed by atoms with E-state index in [-0.39, 0.29) is 6.04 Å². The third-order valence-electron chi connectivity index (χ3n) is 3.46. The summed E-state index contributed by atoms with van der Waals surface area (Å²) in [5, 5.41) is 0. The van der Waals surface area contributed by atoms with Crippen molar-refractivity contribution in [3.05, 3.63) is 71.8 Å². The highest BCUT2D eigenvalue weighted by atomic mass is 32.2. The maximum absolute atomic E-state index is 12.0. The summed E-state index contributed by atoms with van der Waals surface area (Å²) in [4.78, 5) is 0. The van der Waals surface area contributed by atoms with Crippen LogP contribution in [-0.2, 0) is 28.4 Å². The van der Waals surface area contributed by atoms with Crippen molar-refractivity contribution in [1.29, 1.82) is 0 Å². The second-order valence-electron chi connectivity index (χ2n) is 4.91. The van der Waals surface area contributed by atoms with E-state index in [0.717, 1.165) is 12.0 Å². The largest absolute Gasteiger partial charge is 0.276 e. The lowest BCUT2D eigenvalue weighted by Crippen LogP contribution is -2.32. The minimum absolute atomic E-state index is 0.165. The Bertz CT molecular complexity index is 574. The standard InChI is InChI=1S/C16H17NO2S/c18-20-17(12-15-9-5-2-6-10-15)16(13-19-20)11-14-7-3-1-4-8-14/h1-10,16H,11-13H2/t16-,20?/m0/s1. The van der Waals surface area contributed by atoms with Crippen LogP contribution in [0.5, 0.6) is 0 Å². The predicted octanol–water partition coefficient (Wildman–Crippen LogP) is 2.71. The Morgan fingerprint density at radius 1 is 1.00 bits per heavy atom. The Hall–Kier alpha value is -1.49. The van der Waals surface area contributed by atoms with Gasteiger partial charge in [0.05, 0.1) is 12.6 Å². The molecule has 1 aliphatic rings. The van der Waals surface area contributed by atoms with Crippen molar-refractivity contribution in [2.24, 2.45) is 0 Å². The summed E-state index contributed by atoms with van der Waals surface area (Å²) in [6.07, 6.45) is 0.861. The molecule has 1 fully saturated rings. The molecule has 0 aliphatic carbocycles. The van der Waals surface area contributed by atoms with E-state index in [1.807, 2.05) is 40.7 Å². The van der Waals surface area contributed by atoms with Crippen LogP contribution in [0.4, 0.5) is 0 Å². The summed E-state index contributed by atoms with van der Waals surface area (Å²) < 4.78 is 19.2. The van der Waals surface area contributed by atoms with Gasteiger partial charge in [-0.2, -0.15) is 4.31 Å². The molecule has 0 amide bonds. The lowest BCUT2D eigenvalue weighted by atomic mass is 10.1. The molecule has 1 heterocycles. The van der Waals surface area contributed by atoms with Crippen molar-refractivity contribution in [2.75, 3.05) is 6.61 Å². The van der Waals surface area contributed by atoms with E-state index in [4.69, 9.17) is 4.18 Å². The van der Waals surface area contributed by atoms with Gasteiger partial charge in [-0.25, -0.2) is 4.21 Å². The van der Waals surface area contributed by atoms with Crippen LogP contribution in [0.3, 0.4) is 0 Å². The van der Waals surface area contributed by atoms with Crippen molar-refractivity contribution in [2.45, 2.75) is 19.0 Å². The van der Waals surface area contributed by atoms with Crippen LogP contribution in [-0.4, -0.2) is 21.2 Å². The van der Waals surface area contributed by atoms with Gasteiger partial charge < -0.3 is 0 Å². The lowest BCUT2D eigenvalue weighted by molar-refractivity contribution is 0.305. The average molecular weight is 287 g/mol.